The highest BCUT2D eigenvalue weighted by molar-refractivity contribution is 6.29. The summed E-state index contributed by atoms with van der Waals surface area (Å²) in [7, 11) is 0. The number of amides is 2. The van der Waals surface area contributed by atoms with Crippen LogP contribution in [0, 0.1) is 0 Å². The van der Waals surface area contributed by atoms with Crippen LogP contribution in [0.5, 0.6) is 0 Å². The van der Waals surface area contributed by atoms with E-state index in [-0.39, 0.29) is 16.4 Å². The van der Waals surface area contributed by atoms with Crippen molar-refractivity contribution in [2.24, 2.45) is 11.5 Å². The molecule has 0 unspecified atom stereocenters. The summed E-state index contributed by atoms with van der Waals surface area (Å²) in [6, 6.07) is 2.66. The summed E-state index contributed by atoms with van der Waals surface area (Å²) in [4.78, 5) is 25.1. The molecule has 0 saturated carbocycles. The normalized spacial score (nSPS) is 9.62. The van der Waals surface area contributed by atoms with Gasteiger partial charge in [-0.15, -0.1) is 0 Å². The fourth-order valence-electron chi connectivity index (χ4n) is 0.822. The van der Waals surface area contributed by atoms with Crippen molar-refractivity contribution in [3.63, 3.8) is 0 Å². The lowest BCUT2D eigenvalue weighted by Gasteiger charge is -2.01. The number of primary amides is 2. The third-order valence-electron chi connectivity index (χ3n) is 1.36. The molecular weight excluding hydrogens is 194 g/mol. The van der Waals surface area contributed by atoms with Crippen LogP contribution in [0.3, 0.4) is 0 Å². The van der Waals surface area contributed by atoms with Crippen LogP contribution in [0.4, 0.5) is 0 Å². The second-order valence-corrected chi connectivity index (χ2v) is 2.65. The van der Waals surface area contributed by atoms with Crippen molar-refractivity contribution < 1.29 is 9.59 Å². The van der Waals surface area contributed by atoms with Crippen LogP contribution in [0.15, 0.2) is 12.1 Å². The van der Waals surface area contributed by atoms with Gasteiger partial charge >= 0.3 is 0 Å². The van der Waals surface area contributed by atoms with E-state index in [0.717, 1.165) is 0 Å². The largest absolute Gasteiger partial charge is 0.366 e. The van der Waals surface area contributed by atoms with Gasteiger partial charge in [-0.3, -0.25) is 9.59 Å². The van der Waals surface area contributed by atoms with E-state index in [9.17, 15) is 9.59 Å². The number of hydrogen-bond acceptors (Lipinski definition) is 3. The SMILES string of the molecule is NC(=O)c1ccc(Cl)nc1C(N)=O. The van der Waals surface area contributed by atoms with Crippen molar-refractivity contribution in [1.82, 2.24) is 4.98 Å². The number of carbonyl (C=O) groups excluding carboxylic acids is 2. The first kappa shape index (κ1) is 9.47. The summed E-state index contributed by atoms with van der Waals surface area (Å²) < 4.78 is 0. The third-order valence-corrected chi connectivity index (χ3v) is 1.57. The number of hydrogen-bond donors (Lipinski definition) is 2. The zero-order valence-corrected chi connectivity index (χ0v) is 7.21. The first-order chi connectivity index (χ1) is 6.02. The van der Waals surface area contributed by atoms with Crippen LogP contribution in [-0.2, 0) is 0 Å². The molecule has 0 radical (unpaired) electrons. The van der Waals surface area contributed by atoms with Crippen LogP contribution in [0.1, 0.15) is 20.8 Å². The van der Waals surface area contributed by atoms with Crippen LogP contribution in [0.2, 0.25) is 5.15 Å². The molecule has 1 heterocycles. The molecule has 13 heavy (non-hydrogen) atoms. The minimum atomic E-state index is -0.837. The van der Waals surface area contributed by atoms with Crippen molar-refractivity contribution in [3.8, 4) is 0 Å². The lowest BCUT2D eigenvalue weighted by atomic mass is 10.2. The molecule has 68 valence electrons. The van der Waals surface area contributed by atoms with E-state index in [0.29, 0.717) is 0 Å². The number of rotatable bonds is 2. The van der Waals surface area contributed by atoms with Gasteiger partial charge in [0.1, 0.15) is 10.8 Å². The lowest BCUT2D eigenvalue weighted by Crippen LogP contribution is -2.22. The first-order valence-electron chi connectivity index (χ1n) is 3.28. The minimum absolute atomic E-state index is 0.0306. The summed E-state index contributed by atoms with van der Waals surface area (Å²) in [5.74, 6) is -1.60. The zero-order chi connectivity index (χ0) is 10.0. The van der Waals surface area contributed by atoms with Gasteiger partial charge in [-0.1, -0.05) is 11.6 Å². The Hall–Kier alpha value is -1.62. The van der Waals surface area contributed by atoms with Crippen LogP contribution in [0.25, 0.3) is 0 Å². The molecule has 0 atom stereocenters. The van der Waals surface area contributed by atoms with Crippen LogP contribution >= 0.6 is 11.6 Å². The highest BCUT2D eigenvalue weighted by Crippen LogP contribution is 2.10. The molecule has 0 spiro atoms. The van der Waals surface area contributed by atoms with Crippen molar-refractivity contribution >= 4 is 23.4 Å². The summed E-state index contributed by atoms with van der Waals surface area (Å²) in [6.07, 6.45) is 0. The molecule has 6 heteroatoms. The van der Waals surface area contributed by atoms with Gasteiger partial charge in [0.2, 0.25) is 0 Å². The maximum atomic E-state index is 10.8. The molecule has 1 aromatic heterocycles. The molecule has 2 amide bonds. The summed E-state index contributed by atoms with van der Waals surface area (Å²) in [5.41, 5.74) is 9.69. The minimum Gasteiger partial charge on any atom is -0.366 e. The molecular formula is C7H6ClN3O2. The topological polar surface area (TPSA) is 99.1 Å². The Kier molecular flexibility index (Phi) is 2.48. The van der Waals surface area contributed by atoms with Gasteiger partial charge in [-0.2, -0.15) is 0 Å². The van der Waals surface area contributed by atoms with Gasteiger partial charge in [0, 0.05) is 0 Å². The van der Waals surface area contributed by atoms with Crippen LogP contribution < -0.4 is 11.5 Å². The van der Waals surface area contributed by atoms with Crippen molar-refractivity contribution in [3.05, 3.63) is 28.5 Å². The number of carbonyl (C=O) groups is 2. The molecule has 0 fully saturated rings. The fraction of sp³-hybridized carbons (Fsp3) is 0. The summed E-state index contributed by atoms with van der Waals surface area (Å²) in [5, 5.41) is 0.0822. The molecule has 0 saturated heterocycles. The first-order valence-corrected chi connectivity index (χ1v) is 3.66. The van der Waals surface area contributed by atoms with E-state index in [1.165, 1.54) is 12.1 Å². The maximum Gasteiger partial charge on any atom is 0.268 e. The van der Waals surface area contributed by atoms with E-state index in [2.05, 4.69) is 4.98 Å². The van der Waals surface area contributed by atoms with Gasteiger partial charge in [-0.25, -0.2) is 4.98 Å². The molecule has 0 aliphatic carbocycles. The number of nitrogens with zero attached hydrogens (tertiary/aromatic N) is 1. The Bertz CT molecular complexity index is 378. The Labute approximate surface area is 78.7 Å². The van der Waals surface area contributed by atoms with E-state index >= 15 is 0 Å². The van der Waals surface area contributed by atoms with E-state index < -0.39 is 11.8 Å². The number of nitrogens with two attached hydrogens (primary N) is 2. The van der Waals surface area contributed by atoms with E-state index in [4.69, 9.17) is 23.1 Å². The summed E-state index contributed by atoms with van der Waals surface area (Å²) >= 11 is 5.49. The maximum absolute atomic E-state index is 10.8. The highest BCUT2D eigenvalue weighted by Gasteiger charge is 2.14. The van der Waals surface area contributed by atoms with E-state index in [1.54, 1.807) is 0 Å². The Morgan fingerprint density at radius 1 is 1.23 bits per heavy atom. The molecule has 4 N–H and O–H groups in total. The zero-order valence-electron chi connectivity index (χ0n) is 6.45. The lowest BCUT2D eigenvalue weighted by molar-refractivity contribution is 0.0963. The summed E-state index contributed by atoms with van der Waals surface area (Å²) in [6.45, 7) is 0. The average Bonchev–Trinajstić information content (AvgIpc) is 2.03. The number of aromatic nitrogens is 1. The molecule has 0 aliphatic rings. The molecule has 5 nitrogen and oxygen atoms in total. The van der Waals surface area contributed by atoms with Gasteiger partial charge < -0.3 is 11.5 Å². The third kappa shape index (κ3) is 1.94. The Morgan fingerprint density at radius 3 is 2.31 bits per heavy atom. The molecule has 0 aromatic carbocycles. The quantitative estimate of drug-likeness (QED) is 0.653. The number of halogens is 1. The van der Waals surface area contributed by atoms with Crippen LogP contribution in [-0.4, -0.2) is 16.8 Å². The Morgan fingerprint density at radius 2 is 1.85 bits per heavy atom. The average molecular weight is 200 g/mol. The standard InChI is InChI=1S/C7H6ClN3O2/c8-4-2-1-3(6(9)12)5(11-4)7(10)13/h1-2H,(H2,9,12)(H2,10,13). The van der Waals surface area contributed by atoms with Crippen molar-refractivity contribution in [1.29, 1.82) is 0 Å². The van der Waals surface area contributed by atoms with E-state index in [1.807, 2.05) is 0 Å². The predicted octanol–water partition coefficient (Wildman–Crippen LogP) is -0.0672. The fourth-order valence-corrected chi connectivity index (χ4v) is 0.969. The smallest absolute Gasteiger partial charge is 0.268 e. The van der Waals surface area contributed by atoms with Gasteiger partial charge in [0.25, 0.3) is 11.8 Å². The molecule has 0 bridgehead atoms. The molecule has 1 rings (SSSR count). The van der Waals surface area contributed by atoms with Gasteiger partial charge in [0.15, 0.2) is 0 Å². The van der Waals surface area contributed by atoms with Crippen molar-refractivity contribution in [2.45, 2.75) is 0 Å². The highest BCUT2D eigenvalue weighted by atomic mass is 35.5. The van der Waals surface area contributed by atoms with Crippen molar-refractivity contribution in [2.75, 3.05) is 0 Å². The second-order valence-electron chi connectivity index (χ2n) is 2.26. The molecule has 0 aliphatic heterocycles. The molecule has 1 aromatic rings. The van der Waals surface area contributed by atoms with Gasteiger partial charge in [-0.05, 0) is 12.1 Å². The predicted molar refractivity (Wildman–Crippen MR) is 46.3 cm³/mol. The second kappa shape index (κ2) is 3.40. The number of pyridine rings is 1. The Balaban J connectivity index is 3.35. The van der Waals surface area contributed by atoms with Gasteiger partial charge in [0.05, 0.1) is 5.56 Å². The monoisotopic (exact) mass is 199 g/mol.